The number of hydrogen-bond donors (Lipinski definition) is 1. The smallest absolute Gasteiger partial charge is 0.224 e. The van der Waals surface area contributed by atoms with Crippen LogP contribution in [0.2, 0.25) is 5.02 Å². The fourth-order valence-electron chi connectivity index (χ4n) is 2.35. The van der Waals surface area contributed by atoms with Gasteiger partial charge in [0.25, 0.3) is 0 Å². The highest BCUT2D eigenvalue weighted by molar-refractivity contribution is 6.30. The van der Waals surface area contributed by atoms with Crippen LogP contribution in [0.15, 0.2) is 28.7 Å². The van der Waals surface area contributed by atoms with Gasteiger partial charge in [0, 0.05) is 23.4 Å². The molecule has 0 unspecified atom stereocenters. The van der Waals surface area contributed by atoms with E-state index in [2.05, 4.69) is 31.1 Å². The van der Waals surface area contributed by atoms with Crippen LogP contribution in [-0.2, 0) is 23.1 Å². The van der Waals surface area contributed by atoms with Gasteiger partial charge in [0.2, 0.25) is 5.91 Å². The maximum atomic E-state index is 11.9. The Bertz CT molecular complexity index is 702. The summed E-state index contributed by atoms with van der Waals surface area (Å²) in [7, 11) is 0. The van der Waals surface area contributed by atoms with Gasteiger partial charge in [-0.25, -0.2) is 4.98 Å². The summed E-state index contributed by atoms with van der Waals surface area (Å²) in [6.45, 7) is 8.82. The lowest BCUT2D eigenvalue weighted by atomic mass is 9.97. The van der Waals surface area contributed by atoms with E-state index in [0.29, 0.717) is 18.0 Å². The van der Waals surface area contributed by atoms with Gasteiger partial charge in [0.1, 0.15) is 5.76 Å². The quantitative estimate of drug-likeness (QED) is 0.795. The summed E-state index contributed by atoms with van der Waals surface area (Å²) in [6, 6.07) is 7.36. The van der Waals surface area contributed by atoms with Crippen LogP contribution in [0.1, 0.15) is 50.1 Å². The summed E-state index contributed by atoms with van der Waals surface area (Å²) >= 11 is 5.92. The molecule has 2 rings (SSSR count). The average Bonchev–Trinajstić information content (AvgIpc) is 2.85. The van der Waals surface area contributed by atoms with Crippen molar-refractivity contribution in [1.82, 2.24) is 10.3 Å². The van der Waals surface area contributed by atoms with Crippen LogP contribution in [0.25, 0.3) is 0 Å². The highest BCUT2D eigenvalue weighted by atomic mass is 35.5. The number of oxazole rings is 1. The van der Waals surface area contributed by atoms with Crippen molar-refractivity contribution < 1.29 is 9.21 Å². The summed E-state index contributed by atoms with van der Waals surface area (Å²) in [6.07, 6.45) is 1.93. The maximum Gasteiger partial charge on any atom is 0.224 e. The molecule has 0 saturated heterocycles. The van der Waals surface area contributed by atoms with Crippen molar-refractivity contribution in [3.63, 3.8) is 0 Å². The summed E-state index contributed by atoms with van der Waals surface area (Å²) in [5.74, 6) is 1.67. The zero-order valence-corrected chi connectivity index (χ0v) is 15.5. The molecular formula is C19H25ClN2O2. The van der Waals surface area contributed by atoms with Gasteiger partial charge in [-0.05, 0) is 31.0 Å². The molecule has 5 heteroatoms. The number of nitrogens with zero attached hydrogens (tertiary/aromatic N) is 1. The van der Waals surface area contributed by atoms with E-state index in [0.717, 1.165) is 35.7 Å². The van der Waals surface area contributed by atoms with Crippen molar-refractivity contribution >= 4 is 17.5 Å². The minimum absolute atomic E-state index is 0.00180. The largest absolute Gasteiger partial charge is 0.445 e. The zero-order chi connectivity index (χ0) is 17.7. The second-order valence-corrected chi connectivity index (χ2v) is 7.47. The van der Waals surface area contributed by atoms with Crippen molar-refractivity contribution in [2.45, 2.75) is 52.4 Å². The van der Waals surface area contributed by atoms with Gasteiger partial charge in [-0.1, -0.05) is 44.5 Å². The monoisotopic (exact) mass is 348 g/mol. The molecule has 0 aliphatic rings. The van der Waals surface area contributed by atoms with Crippen molar-refractivity contribution in [1.29, 1.82) is 0 Å². The number of carbonyl (C=O) groups excluding carboxylic acids is 1. The first-order chi connectivity index (χ1) is 11.3. The van der Waals surface area contributed by atoms with Gasteiger partial charge < -0.3 is 9.73 Å². The molecule has 4 nitrogen and oxygen atoms in total. The van der Waals surface area contributed by atoms with Crippen molar-refractivity contribution in [2.24, 2.45) is 0 Å². The van der Waals surface area contributed by atoms with Gasteiger partial charge in [-0.15, -0.1) is 0 Å². The fraction of sp³-hybridized carbons (Fsp3) is 0.474. The average molecular weight is 349 g/mol. The first-order valence-corrected chi connectivity index (χ1v) is 8.61. The first-order valence-electron chi connectivity index (χ1n) is 8.23. The highest BCUT2D eigenvalue weighted by Crippen LogP contribution is 2.24. The Kier molecular flexibility index (Phi) is 6.05. The van der Waals surface area contributed by atoms with Crippen molar-refractivity contribution in [3.05, 3.63) is 52.2 Å². The molecule has 0 aliphatic heterocycles. The second kappa shape index (κ2) is 7.84. The molecule has 130 valence electrons. The Labute approximate surface area is 148 Å². The molecule has 1 amide bonds. The number of hydrogen-bond acceptors (Lipinski definition) is 3. The zero-order valence-electron chi connectivity index (χ0n) is 14.8. The summed E-state index contributed by atoms with van der Waals surface area (Å²) in [5.41, 5.74) is 1.76. The number of aromatic nitrogens is 1. The molecule has 0 spiro atoms. The lowest BCUT2D eigenvalue weighted by Crippen LogP contribution is -2.26. The number of rotatable bonds is 6. The molecule has 1 aromatic heterocycles. The topological polar surface area (TPSA) is 55.1 Å². The predicted octanol–water partition coefficient (Wildman–Crippen LogP) is 4.23. The van der Waals surface area contributed by atoms with Crippen molar-refractivity contribution in [2.75, 3.05) is 6.54 Å². The van der Waals surface area contributed by atoms with Crippen LogP contribution in [0.5, 0.6) is 0 Å². The molecule has 0 aliphatic carbocycles. The molecule has 24 heavy (non-hydrogen) atoms. The minimum atomic E-state index is -0.0891. The Balaban J connectivity index is 1.77. The van der Waals surface area contributed by atoms with E-state index in [1.807, 2.05) is 25.1 Å². The van der Waals surface area contributed by atoms with Crippen LogP contribution in [0, 0.1) is 6.92 Å². The van der Waals surface area contributed by atoms with E-state index in [-0.39, 0.29) is 11.3 Å². The summed E-state index contributed by atoms with van der Waals surface area (Å²) in [4.78, 5) is 16.4. The van der Waals surface area contributed by atoms with Crippen molar-refractivity contribution in [3.8, 4) is 0 Å². The number of halogens is 1. The van der Waals surface area contributed by atoms with E-state index in [1.165, 1.54) is 0 Å². The van der Waals surface area contributed by atoms with Gasteiger partial charge in [0.05, 0.1) is 12.1 Å². The molecule has 0 atom stereocenters. The third-order valence-electron chi connectivity index (χ3n) is 3.69. The van der Waals surface area contributed by atoms with Crippen LogP contribution >= 0.6 is 11.6 Å². The van der Waals surface area contributed by atoms with Crippen LogP contribution in [0.4, 0.5) is 0 Å². The number of amides is 1. The van der Waals surface area contributed by atoms with Crippen LogP contribution < -0.4 is 5.32 Å². The van der Waals surface area contributed by atoms with E-state index < -0.39 is 0 Å². The SMILES string of the molecule is Cc1nc(C(C)(C)C)oc1CCCNC(=O)Cc1cccc(Cl)c1. The number of benzene rings is 1. The Hall–Kier alpha value is -1.81. The Morgan fingerprint density at radius 3 is 2.71 bits per heavy atom. The number of aryl methyl sites for hydroxylation is 2. The first kappa shape index (κ1) is 18.5. The van der Waals surface area contributed by atoms with Crippen LogP contribution in [0.3, 0.4) is 0 Å². The summed E-state index contributed by atoms with van der Waals surface area (Å²) < 4.78 is 5.86. The fourth-order valence-corrected chi connectivity index (χ4v) is 2.57. The molecule has 2 aromatic rings. The van der Waals surface area contributed by atoms with Crippen LogP contribution in [-0.4, -0.2) is 17.4 Å². The normalized spacial score (nSPS) is 11.5. The molecule has 0 bridgehead atoms. The third-order valence-corrected chi connectivity index (χ3v) is 3.93. The molecule has 0 saturated carbocycles. The van der Waals surface area contributed by atoms with Gasteiger partial charge in [0.15, 0.2) is 5.89 Å². The highest BCUT2D eigenvalue weighted by Gasteiger charge is 2.21. The van der Waals surface area contributed by atoms with Gasteiger partial charge in [-0.3, -0.25) is 4.79 Å². The van der Waals surface area contributed by atoms with Gasteiger partial charge in [-0.2, -0.15) is 0 Å². The Morgan fingerprint density at radius 2 is 2.08 bits per heavy atom. The number of carbonyl (C=O) groups is 1. The maximum absolute atomic E-state index is 11.9. The molecule has 0 radical (unpaired) electrons. The molecular weight excluding hydrogens is 324 g/mol. The lowest BCUT2D eigenvalue weighted by molar-refractivity contribution is -0.120. The third kappa shape index (κ3) is 5.38. The molecule has 1 heterocycles. The van der Waals surface area contributed by atoms with E-state index >= 15 is 0 Å². The predicted molar refractivity (Wildman–Crippen MR) is 96.4 cm³/mol. The minimum Gasteiger partial charge on any atom is -0.445 e. The van der Waals surface area contributed by atoms with Gasteiger partial charge >= 0.3 is 0 Å². The molecule has 0 fully saturated rings. The molecule has 1 aromatic carbocycles. The second-order valence-electron chi connectivity index (χ2n) is 7.04. The Morgan fingerprint density at radius 1 is 1.33 bits per heavy atom. The van der Waals surface area contributed by atoms with E-state index in [9.17, 15) is 4.79 Å². The standard InChI is InChI=1S/C19H25ClN2O2/c1-13-16(24-18(22-13)19(2,3)4)9-6-10-21-17(23)12-14-7-5-8-15(20)11-14/h5,7-8,11H,6,9-10,12H2,1-4H3,(H,21,23). The summed E-state index contributed by atoms with van der Waals surface area (Å²) in [5, 5.41) is 3.58. The lowest BCUT2D eigenvalue weighted by Gasteiger charge is -2.12. The molecule has 1 N–H and O–H groups in total. The van der Waals surface area contributed by atoms with E-state index in [4.69, 9.17) is 16.0 Å². The number of nitrogens with one attached hydrogen (secondary N) is 1. The van der Waals surface area contributed by atoms with E-state index in [1.54, 1.807) is 6.07 Å².